The van der Waals surface area contributed by atoms with Crippen molar-refractivity contribution >= 4 is 17.3 Å². The van der Waals surface area contributed by atoms with E-state index in [1.807, 2.05) is 0 Å². The van der Waals surface area contributed by atoms with E-state index in [4.69, 9.17) is 0 Å². The van der Waals surface area contributed by atoms with Crippen LogP contribution in [0.4, 0.5) is 11.4 Å². The zero-order valence-electron chi connectivity index (χ0n) is 16.2. The van der Waals surface area contributed by atoms with E-state index in [0.29, 0.717) is 12.1 Å². The van der Waals surface area contributed by atoms with Crippen molar-refractivity contribution in [2.24, 2.45) is 5.92 Å². The van der Waals surface area contributed by atoms with Crippen molar-refractivity contribution in [3.8, 4) is 0 Å². The number of nitro benzene ring substituents is 1. The van der Waals surface area contributed by atoms with Crippen molar-refractivity contribution < 1.29 is 9.72 Å². The molecule has 2 saturated heterocycles. The Morgan fingerprint density at radius 2 is 2.04 bits per heavy atom. The van der Waals surface area contributed by atoms with Gasteiger partial charge < -0.3 is 15.1 Å². The summed E-state index contributed by atoms with van der Waals surface area (Å²) in [5.74, 6) is 0.536. The summed E-state index contributed by atoms with van der Waals surface area (Å²) >= 11 is 0. The first-order chi connectivity index (χ1) is 13.0. The van der Waals surface area contributed by atoms with Crippen molar-refractivity contribution in [1.82, 2.24) is 10.2 Å². The minimum absolute atomic E-state index is 0.0367. The van der Waals surface area contributed by atoms with Gasteiger partial charge in [0.05, 0.1) is 16.2 Å². The average Bonchev–Trinajstić information content (AvgIpc) is 3.19. The van der Waals surface area contributed by atoms with Crippen LogP contribution in [0.1, 0.15) is 49.4 Å². The summed E-state index contributed by atoms with van der Waals surface area (Å²) in [6.45, 7) is 7.93. The first-order valence-corrected chi connectivity index (χ1v) is 10.1. The van der Waals surface area contributed by atoms with Crippen LogP contribution < -0.4 is 10.2 Å². The van der Waals surface area contributed by atoms with E-state index in [1.165, 1.54) is 25.0 Å². The molecule has 1 atom stereocenters. The average molecular weight is 374 g/mol. The molecule has 7 heteroatoms. The number of rotatable bonds is 7. The second-order valence-corrected chi connectivity index (χ2v) is 7.81. The van der Waals surface area contributed by atoms with E-state index in [1.54, 1.807) is 6.07 Å². The number of nitrogens with one attached hydrogen (secondary N) is 1. The monoisotopic (exact) mass is 374 g/mol. The lowest BCUT2D eigenvalue weighted by Crippen LogP contribution is -2.36. The maximum atomic E-state index is 12.7. The van der Waals surface area contributed by atoms with Crippen LogP contribution in [0.15, 0.2) is 18.2 Å². The number of non-ortho nitro benzene ring substituents is 1. The van der Waals surface area contributed by atoms with Gasteiger partial charge in [-0.25, -0.2) is 0 Å². The molecule has 1 amide bonds. The van der Waals surface area contributed by atoms with Gasteiger partial charge in [-0.1, -0.05) is 6.92 Å². The maximum absolute atomic E-state index is 12.7. The molecule has 3 rings (SSSR count). The van der Waals surface area contributed by atoms with Crippen molar-refractivity contribution in [3.63, 3.8) is 0 Å². The molecule has 0 spiro atoms. The summed E-state index contributed by atoms with van der Waals surface area (Å²) in [5.41, 5.74) is 1.18. The van der Waals surface area contributed by atoms with Gasteiger partial charge in [0.15, 0.2) is 0 Å². The molecule has 2 aliphatic rings. The predicted octanol–water partition coefficient (Wildman–Crippen LogP) is 3.05. The van der Waals surface area contributed by atoms with Gasteiger partial charge in [-0.3, -0.25) is 14.9 Å². The van der Waals surface area contributed by atoms with Crippen LogP contribution in [0.3, 0.4) is 0 Å². The second-order valence-electron chi connectivity index (χ2n) is 7.81. The van der Waals surface area contributed by atoms with Crippen molar-refractivity contribution in [2.75, 3.05) is 44.2 Å². The molecule has 0 bridgehead atoms. The lowest BCUT2D eigenvalue weighted by molar-refractivity contribution is -0.384. The molecule has 2 aliphatic heterocycles. The zero-order valence-corrected chi connectivity index (χ0v) is 16.2. The van der Waals surface area contributed by atoms with Gasteiger partial charge in [0.1, 0.15) is 0 Å². The van der Waals surface area contributed by atoms with Crippen LogP contribution in [0.2, 0.25) is 0 Å². The summed E-state index contributed by atoms with van der Waals surface area (Å²) in [6.07, 6.45) is 5.63. The number of nitrogens with zero attached hydrogens (tertiary/aromatic N) is 3. The van der Waals surface area contributed by atoms with Crippen LogP contribution >= 0.6 is 0 Å². The summed E-state index contributed by atoms with van der Waals surface area (Å²) in [7, 11) is 0. The molecular weight excluding hydrogens is 344 g/mol. The first kappa shape index (κ1) is 19.6. The summed E-state index contributed by atoms with van der Waals surface area (Å²) in [5, 5.41) is 14.1. The Kier molecular flexibility index (Phi) is 6.66. The molecule has 0 aliphatic carbocycles. The fraction of sp³-hybridized carbons (Fsp3) is 0.650. The van der Waals surface area contributed by atoms with E-state index < -0.39 is 4.92 Å². The number of carbonyl (C=O) groups excluding carboxylic acids is 1. The van der Waals surface area contributed by atoms with E-state index >= 15 is 0 Å². The first-order valence-electron chi connectivity index (χ1n) is 10.1. The highest BCUT2D eigenvalue weighted by Crippen LogP contribution is 2.28. The van der Waals surface area contributed by atoms with Crippen LogP contribution in [0, 0.1) is 16.0 Å². The third kappa shape index (κ3) is 5.19. The number of hydrogen-bond acceptors (Lipinski definition) is 5. The van der Waals surface area contributed by atoms with Crippen LogP contribution in [-0.2, 0) is 0 Å². The molecule has 1 unspecified atom stereocenters. The molecule has 1 aromatic rings. The lowest BCUT2D eigenvalue weighted by atomic mass is 10.0. The largest absolute Gasteiger partial charge is 0.371 e. The van der Waals surface area contributed by atoms with Gasteiger partial charge in [-0.15, -0.1) is 0 Å². The normalized spacial score (nSPS) is 20.6. The number of carbonyl (C=O) groups is 1. The fourth-order valence-electron chi connectivity index (χ4n) is 4.14. The Bertz CT molecular complexity index is 673. The Labute approximate surface area is 160 Å². The fourth-order valence-corrected chi connectivity index (χ4v) is 4.14. The quantitative estimate of drug-likeness (QED) is 0.451. The Hall–Kier alpha value is -2.15. The number of hydrogen-bond donors (Lipinski definition) is 1. The zero-order chi connectivity index (χ0) is 19.2. The number of anilines is 1. The van der Waals surface area contributed by atoms with E-state index in [9.17, 15) is 14.9 Å². The standard InChI is InChI=1S/C20H30N4O3/c1-16-6-4-10-22(15-16)11-5-9-21-20(25)18-14-17(24(26)27)7-8-19(18)23-12-2-3-13-23/h7-8,14,16H,2-6,9-13,15H2,1H3,(H,21,25). The summed E-state index contributed by atoms with van der Waals surface area (Å²) in [6, 6.07) is 4.62. The molecule has 0 radical (unpaired) electrons. The van der Waals surface area contributed by atoms with Crippen LogP contribution in [0.5, 0.6) is 0 Å². The van der Waals surface area contributed by atoms with Crippen LogP contribution in [-0.4, -0.2) is 55.0 Å². The van der Waals surface area contributed by atoms with E-state index in [-0.39, 0.29) is 11.6 Å². The number of piperidine rings is 1. The van der Waals surface area contributed by atoms with E-state index in [2.05, 4.69) is 22.0 Å². The van der Waals surface area contributed by atoms with Gasteiger partial charge in [-0.2, -0.15) is 0 Å². The summed E-state index contributed by atoms with van der Waals surface area (Å²) in [4.78, 5) is 28.0. The topological polar surface area (TPSA) is 78.7 Å². The highest BCUT2D eigenvalue weighted by Gasteiger charge is 2.22. The third-order valence-electron chi connectivity index (χ3n) is 5.56. The highest BCUT2D eigenvalue weighted by atomic mass is 16.6. The smallest absolute Gasteiger partial charge is 0.270 e. The Morgan fingerprint density at radius 1 is 1.26 bits per heavy atom. The van der Waals surface area contributed by atoms with Crippen molar-refractivity contribution in [1.29, 1.82) is 0 Å². The molecule has 0 saturated carbocycles. The highest BCUT2D eigenvalue weighted by molar-refractivity contribution is 6.00. The van der Waals surface area contributed by atoms with Gasteiger partial charge in [0.25, 0.3) is 11.6 Å². The molecule has 27 heavy (non-hydrogen) atoms. The number of nitro groups is 1. The van der Waals surface area contributed by atoms with Gasteiger partial charge in [0, 0.05) is 38.3 Å². The van der Waals surface area contributed by atoms with Gasteiger partial charge >= 0.3 is 0 Å². The molecule has 1 aromatic carbocycles. The van der Waals surface area contributed by atoms with Crippen molar-refractivity contribution in [2.45, 2.75) is 39.0 Å². The van der Waals surface area contributed by atoms with E-state index in [0.717, 1.165) is 63.6 Å². The second kappa shape index (κ2) is 9.17. The SMILES string of the molecule is CC1CCCN(CCCNC(=O)c2cc([N+](=O)[O-])ccc2N2CCCC2)C1. The predicted molar refractivity (Wildman–Crippen MR) is 106 cm³/mol. The number of likely N-dealkylation sites (tertiary alicyclic amines) is 1. The minimum Gasteiger partial charge on any atom is -0.371 e. The maximum Gasteiger partial charge on any atom is 0.270 e. The number of benzene rings is 1. The van der Waals surface area contributed by atoms with Gasteiger partial charge in [-0.05, 0) is 57.2 Å². The molecule has 7 nitrogen and oxygen atoms in total. The molecule has 0 aromatic heterocycles. The molecule has 2 fully saturated rings. The third-order valence-corrected chi connectivity index (χ3v) is 5.56. The van der Waals surface area contributed by atoms with Crippen LogP contribution in [0.25, 0.3) is 0 Å². The lowest BCUT2D eigenvalue weighted by Gasteiger charge is -2.30. The summed E-state index contributed by atoms with van der Waals surface area (Å²) < 4.78 is 0. The Balaban J connectivity index is 1.59. The molecule has 2 heterocycles. The minimum atomic E-state index is -0.442. The Morgan fingerprint density at radius 3 is 2.74 bits per heavy atom. The van der Waals surface area contributed by atoms with Gasteiger partial charge in [0.2, 0.25) is 0 Å². The molecule has 1 N–H and O–H groups in total. The number of amides is 1. The molecule has 148 valence electrons. The molecular formula is C20H30N4O3. The van der Waals surface area contributed by atoms with Crippen molar-refractivity contribution in [3.05, 3.63) is 33.9 Å².